The molecule has 1 aromatic rings. The fraction of sp³-hybridized carbons (Fsp3) is 0.696. The zero-order valence-corrected chi connectivity index (χ0v) is 17.7. The highest BCUT2D eigenvalue weighted by Crippen LogP contribution is 2.50. The lowest BCUT2D eigenvalue weighted by Gasteiger charge is -2.34. The van der Waals surface area contributed by atoms with E-state index in [9.17, 15) is 4.79 Å². The van der Waals surface area contributed by atoms with Gasteiger partial charge in [-0.15, -0.1) is 0 Å². The van der Waals surface area contributed by atoms with Crippen LogP contribution in [0.25, 0.3) is 0 Å². The van der Waals surface area contributed by atoms with Crippen LogP contribution in [0.4, 0.5) is 5.82 Å². The largest absolute Gasteiger partial charge is 0.377 e. The lowest BCUT2D eigenvalue weighted by molar-refractivity contribution is 0.00311. The zero-order chi connectivity index (χ0) is 20.3. The van der Waals surface area contributed by atoms with E-state index in [4.69, 9.17) is 15.0 Å². The van der Waals surface area contributed by atoms with Crippen LogP contribution in [0.15, 0.2) is 0 Å². The van der Waals surface area contributed by atoms with Gasteiger partial charge in [-0.1, -0.05) is 6.92 Å². The molecule has 0 radical (unpaired) electrons. The van der Waals surface area contributed by atoms with Crippen LogP contribution in [-0.4, -0.2) is 47.6 Å². The van der Waals surface area contributed by atoms with Crippen LogP contribution in [0.2, 0.25) is 0 Å². The van der Waals surface area contributed by atoms with E-state index < -0.39 is 0 Å². The van der Waals surface area contributed by atoms with Crippen molar-refractivity contribution >= 4 is 11.7 Å². The second-order valence-corrected chi connectivity index (χ2v) is 9.75. The van der Waals surface area contributed by atoms with Gasteiger partial charge in [0.25, 0.3) is 5.91 Å². The van der Waals surface area contributed by atoms with Crippen molar-refractivity contribution in [2.24, 2.45) is 11.3 Å². The Morgan fingerprint density at radius 2 is 2.10 bits per heavy atom. The van der Waals surface area contributed by atoms with Gasteiger partial charge in [-0.05, 0) is 56.1 Å². The third-order valence-corrected chi connectivity index (χ3v) is 7.50. The Bertz CT molecular complexity index is 901. The van der Waals surface area contributed by atoms with Gasteiger partial charge in [0, 0.05) is 25.0 Å². The number of hydrogen-bond donors (Lipinski definition) is 0. The number of anilines is 1. The Morgan fingerprint density at radius 1 is 1.31 bits per heavy atom. The fourth-order valence-electron chi connectivity index (χ4n) is 5.03. The Morgan fingerprint density at radius 3 is 2.83 bits per heavy atom. The molecule has 0 N–H and O–H groups in total. The third kappa shape index (κ3) is 3.20. The smallest absolute Gasteiger partial charge is 0.256 e. The summed E-state index contributed by atoms with van der Waals surface area (Å²) in [5.41, 5.74) is 4.25. The maximum atomic E-state index is 12.8. The van der Waals surface area contributed by atoms with Gasteiger partial charge in [0.1, 0.15) is 5.82 Å². The molecule has 1 saturated heterocycles. The summed E-state index contributed by atoms with van der Waals surface area (Å²) in [6.07, 6.45) is 5.62. The van der Waals surface area contributed by atoms with E-state index in [-0.39, 0.29) is 5.91 Å². The SMILES string of the molecule is Cc1c(N2CCC(OCC3(C)CC3)C3CC32)nc2c(c1C)C(=O)N(CCC#N)C2. The van der Waals surface area contributed by atoms with Crippen LogP contribution in [0, 0.1) is 36.5 Å². The van der Waals surface area contributed by atoms with Crippen molar-refractivity contribution in [1.82, 2.24) is 9.88 Å². The number of pyridine rings is 1. The molecule has 2 saturated carbocycles. The number of aromatic nitrogens is 1. The first kappa shape index (κ1) is 18.9. The van der Waals surface area contributed by atoms with Crippen molar-refractivity contribution in [3.05, 3.63) is 22.4 Å². The topological polar surface area (TPSA) is 69.5 Å². The summed E-state index contributed by atoms with van der Waals surface area (Å²) in [4.78, 5) is 22.0. The second-order valence-electron chi connectivity index (χ2n) is 9.75. The number of carbonyl (C=O) groups excluding carboxylic acids is 1. The summed E-state index contributed by atoms with van der Waals surface area (Å²) in [6.45, 7) is 9.35. The van der Waals surface area contributed by atoms with Crippen LogP contribution in [-0.2, 0) is 11.3 Å². The molecule has 2 aliphatic heterocycles. The fourth-order valence-corrected chi connectivity index (χ4v) is 5.03. The number of hydrogen-bond acceptors (Lipinski definition) is 5. The van der Waals surface area contributed by atoms with E-state index in [0.717, 1.165) is 47.8 Å². The number of amides is 1. The number of carbonyl (C=O) groups is 1. The molecule has 4 aliphatic rings. The number of nitrogens with zero attached hydrogens (tertiary/aromatic N) is 4. The normalized spacial score (nSPS) is 28.8. The average Bonchev–Trinajstić information content (AvgIpc) is 3.61. The first-order valence-electron chi connectivity index (χ1n) is 11.0. The summed E-state index contributed by atoms with van der Waals surface area (Å²) in [7, 11) is 0. The molecule has 0 spiro atoms. The molecule has 3 heterocycles. The van der Waals surface area contributed by atoms with Crippen LogP contribution in [0.5, 0.6) is 0 Å². The average molecular weight is 395 g/mol. The van der Waals surface area contributed by atoms with Gasteiger partial charge in [0.05, 0.1) is 43.0 Å². The van der Waals surface area contributed by atoms with E-state index >= 15 is 0 Å². The van der Waals surface area contributed by atoms with Gasteiger partial charge >= 0.3 is 0 Å². The van der Waals surface area contributed by atoms with Crippen molar-refractivity contribution < 1.29 is 9.53 Å². The molecule has 154 valence electrons. The highest BCUT2D eigenvalue weighted by molar-refractivity contribution is 6.00. The monoisotopic (exact) mass is 394 g/mol. The van der Waals surface area contributed by atoms with Gasteiger partial charge < -0.3 is 14.5 Å². The van der Waals surface area contributed by atoms with Crippen LogP contribution in [0.1, 0.15) is 66.2 Å². The molecule has 0 aromatic carbocycles. The van der Waals surface area contributed by atoms with Gasteiger partial charge in [-0.25, -0.2) is 4.98 Å². The van der Waals surface area contributed by atoms with E-state index in [0.29, 0.717) is 43.0 Å². The number of fused-ring (bicyclic) bond motifs is 2. The maximum Gasteiger partial charge on any atom is 0.256 e. The standard InChI is InChI=1S/C23H30N4O2/c1-14-15(2)21(25-17-12-26(9-4-8-24)22(28)20(14)17)27-10-5-19(16-11-18(16)27)29-13-23(3)6-7-23/h16,18-19H,4-7,9-13H2,1-3H3. The van der Waals surface area contributed by atoms with Gasteiger partial charge in [-0.3, -0.25) is 4.79 Å². The maximum absolute atomic E-state index is 12.8. The molecule has 3 unspecified atom stereocenters. The Hall–Kier alpha value is -2.13. The number of piperidine rings is 1. The molecule has 0 bridgehead atoms. The highest BCUT2D eigenvalue weighted by Gasteiger charge is 2.52. The molecule has 6 heteroatoms. The van der Waals surface area contributed by atoms with E-state index in [2.05, 4.69) is 24.8 Å². The highest BCUT2D eigenvalue weighted by atomic mass is 16.5. The minimum Gasteiger partial charge on any atom is -0.377 e. The molecule has 6 nitrogen and oxygen atoms in total. The summed E-state index contributed by atoms with van der Waals surface area (Å²) >= 11 is 0. The van der Waals surface area contributed by atoms with Crippen molar-refractivity contribution in [3.63, 3.8) is 0 Å². The molecule has 1 amide bonds. The number of nitriles is 1. The van der Waals surface area contributed by atoms with Crippen molar-refractivity contribution in [2.75, 3.05) is 24.6 Å². The summed E-state index contributed by atoms with van der Waals surface area (Å²) in [6, 6.07) is 2.66. The zero-order valence-electron chi connectivity index (χ0n) is 17.7. The van der Waals surface area contributed by atoms with Crippen molar-refractivity contribution in [2.45, 2.75) is 71.6 Å². The summed E-state index contributed by atoms with van der Waals surface area (Å²) in [5, 5.41) is 8.86. The van der Waals surface area contributed by atoms with Gasteiger partial charge in [-0.2, -0.15) is 5.26 Å². The predicted molar refractivity (Wildman–Crippen MR) is 110 cm³/mol. The molecule has 2 aliphatic carbocycles. The van der Waals surface area contributed by atoms with E-state index in [1.165, 1.54) is 19.3 Å². The molecule has 3 fully saturated rings. The Balaban J connectivity index is 1.33. The Labute approximate surface area is 172 Å². The molecular formula is C23H30N4O2. The molecule has 29 heavy (non-hydrogen) atoms. The molecule has 1 aromatic heterocycles. The van der Waals surface area contributed by atoms with Crippen LogP contribution < -0.4 is 4.90 Å². The predicted octanol–water partition coefficient (Wildman–Crippen LogP) is 3.35. The van der Waals surface area contributed by atoms with Crippen molar-refractivity contribution in [3.8, 4) is 6.07 Å². The third-order valence-electron chi connectivity index (χ3n) is 7.50. The number of rotatable bonds is 6. The van der Waals surface area contributed by atoms with E-state index in [1.807, 2.05) is 6.92 Å². The minimum atomic E-state index is 0.0277. The summed E-state index contributed by atoms with van der Waals surface area (Å²) in [5.74, 6) is 1.70. The first-order chi connectivity index (χ1) is 13.9. The summed E-state index contributed by atoms with van der Waals surface area (Å²) < 4.78 is 6.32. The second kappa shape index (κ2) is 6.70. The van der Waals surface area contributed by atoms with Gasteiger partial charge in [0.2, 0.25) is 0 Å². The lowest BCUT2D eigenvalue weighted by Crippen LogP contribution is -2.40. The quantitative estimate of drug-likeness (QED) is 0.740. The number of ether oxygens (including phenoxy) is 1. The van der Waals surface area contributed by atoms with Crippen LogP contribution in [0.3, 0.4) is 0 Å². The lowest BCUT2D eigenvalue weighted by atomic mass is 10.0. The van der Waals surface area contributed by atoms with Gasteiger partial charge in [0.15, 0.2) is 0 Å². The van der Waals surface area contributed by atoms with Crippen LogP contribution >= 0.6 is 0 Å². The Kier molecular flexibility index (Phi) is 4.36. The van der Waals surface area contributed by atoms with E-state index in [1.54, 1.807) is 4.90 Å². The molecular weight excluding hydrogens is 364 g/mol. The van der Waals surface area contributed by atoms with Crippen molar-refractivity contribution in [1.29, 1.82) is 5.26 Å². The minimum absolute atomic E-state index is 0.0277. The molecule has 3 atom stereocenters. The first-order valence-corrected chi connectivity index (χ1v) is 11.0. The molecule has 5 rings (SSSR count).